The minimum absolute atomic E-state index is 0.364. The Morgan fingerprint density at radius 3 is 2.68 bits per heavy atom. The van der Waals surface area contributed by atoms with Gasteiger partial charge in [0, 0.05) is 23.2 Å². The van der Waals surface area contributed by atoms with Gasteiger partial charge in [-0.15, -0.1) is 0 Å². The van der Waals surface area contributed by atoms with E-state index >= 15 is 0 Å². The van der Waals surface area contributed by atoms with Crippen molar-refractivity contribution in [2.75, 3.05) is 5.73 Å². The van der Waals surface area contributed by atoms with Gasteiger partial charge < -0.3 is 15.1 Å². The zero-order valence-corrected chi connectivity index (χ0v) is 12.4. The molecule has 4 rings (SSSR count). The Hall–Kier alpha value is -2.82. The summed E-state index contributed by atoms with van der Waals surface area (Å²) in [6.45, 7) is 4.23. The number of hydrogen-bond donors (Lipinski definition) is 2. The highest BCUT2D eigenvalue weighted by Crippen LogP contribution is 2.28. The molecule has 22 heavy (non-hydrogen) atoms. The minimum Gasteiger partial charge on any atom is -0.436 e. The molecule has 0 spiro atoms. The maximum absolute atomic E-state index is 5.81. The Bertz CT molecular complexity index is 981. The minimum atomic E-state index is 0.364. The highest BCUT2D eigenvalue weighted by Gasteiger charge is 2.11. The zero-order chi connectivity index (χ0) is 15.3. The van der Waals surface area contributed by atoms with Crippen LogP contribution in [0.2, 0.25) is 0 Å². The molecule has 5 nitrogen and oxygen atoms in total. The SMILES string of the molecule is CC(C)c1nc2ccc(-c3nc4ccc(N)cc4o3)cc2[nH]1. The zero-order valence-electron chi connectivity index (χ0n) is 12.4. The molecule has 5 heteroatoms. The first-order valence-electron chi connectivity index (χ1n) is 7.26. The van der Waals surface area contributed by atoms with Crippen LogP contribution in [0.25, 0.3) is 33.6 Å². The van der Waals surface area contributed by atoms with Gasteiger partial charge in [-0.05, 0) is 30.3 Å². The normalized spacial score (nSPS) is 11.8. The van der Waals surface area contributed by atoms with Crippen molar-refractivity contribution in [3.8, 4) is 11.5 Å². The van der Waals surface area contributed by atoms with E-state index in [2.05, 4.69) is 28.8 Å². The number of aromatic amines is 1. The average molecular weight is 292 g/mol. The van der Waals surface area contributed by atoms with Crippen LogP contribution in [0.4, 0.5) is 5.69 Å². The Morgan fingerprint density at radius 2 is 1.86 bits per heavy atom. The fraction of sp³-hybridized carbons (Fsp3) is 0.176. The molecule has 0 fully saturated rings. The molecule has 2 aromatic carbocycles. The number of imidazole rings is 1. The predicted octanol–water partition coefficient (Wildman–Crippen LogP) is 4.08. The Balaban J connectivity index is 1.84. The molecule has 2 heterocycles. The third-order valence-electron chi connectivity index (χ3n) is 3.71. The number of nitrogens with one attached hydrogen (secondary N) is 1. The lowest BCUT2D eigenvalue weighted by Crippen LogP contribution is -1.88. The van der Waals surface area contributed by atoms with Crippen LogP contribution in [-0.4, -0.2) is 15.0 Å². The molecule has 0 aliphatic heterocycles. The molecular weight excluding hydrogens is 276 g/mol. The molecule has 0 aliphatic carbocycles. The molecule has 4 aromatic rings. The predicted molar refractivity (Wildman–Crippen MR) is 87.6 cm³/mol. The molecule has 0 saturated carbocycles. The number of H-pyrrole nitrogens is 1. The first-order valence-corrected chi connectivity index (χ1v) is 7.26. The maximum atomic E-state index is 5.81. The van der Waals surface area contributed by atoms with Crippen LogP contribution in [0.15, 0.2) is 40.8 Å². The van der Waals surface area contributed by atoms with Crippen molar-refractivity contribution >= 4 is 27.8 Å². The monoisotopic (exact) mass is 292 g/mol. The maximum Gasteiger partial charge on any atom is 0.227 e. The molecule has 2 aromatic heterocycles. The van der Waals surface area contributed by atoms with Crippen LogP contribution in [-0.2, 0) is 0 Å². The van der Waals surface area contributed by atoms with Crippen molar-refractivity contribution in [3.63, 3.8) is 0 Å². The summed E-state index contributed by atoms with van der Waals surface area (Å²) in [5.74, 6) is 1.93. The number of fused-ring (bicyclic) bond motifs is 2. The average Bonchev–Trinajstić information content (AvgIpc) is 3.09. The number of benzene rings is 2. The van der Waals surface area contributed by atoms with Gasteiger partial charge in [-0.2, -0.15) is 0 Å². The summed E-state index contributed by atoms with van der Waals surface area (Å²) in [7, 11) is 0. The van der Waals surface area contributed by atoms with Crippen LogP contribution in [0.3, 0.4) is 0 Å². The van der Waals surface area contributed by atoms with E-state index in [9.17, 15) is 0 Å². The molecule has 0 radical (unpaired) electrons. The lowest BCUT2D eigenvalue weighted by Gasteiger charge is -1.96. The van der Waals surface area contributed by atoms with Crippen LogP contribution in [0.5, 0.6) is 0 Å². The number of nitrogens with zero attached hydrogens (tertiary/aromatic N) is 2. The van der Waals surface area contributed by atoms with Crippen LogP contribution in [0.1, 0.15) is 25.6 Å². The molecule has 0 unspecified atom stereocenters. The third kappa shape index (κ3) is 2.02. The van der Waals surface area contributed by atoms with Gasteiger partial charge in [0.15, 0.2) is 5.58 Å². The number of rotatable bonds is 2. The number of nitrogens with two attached hydrogens (primary N) is 1. The molecule has 0 amide bonds. The van der Waals surface area contributed by atoms with Crippen molar-refractivity contribution in [1.82, 2.24) is 15.0 Å². The lowest BCUT2D eigenvalue weighted by molar-refractivity contribution is 0.620. The van der Waals surface area contributed by atoms with Crippen molar-refractivity contribution in [2.24, 2.45) is 0 Å². The summed E-state index contributed by atoms with van der Waals surface area (Å²) >= 11 is 0. The van der Waals surface area contributed by atoms with E-state index in [1.54, 1.807) is 6.07 Å². The third-order valence-corrected chi connectivity index (χ3v) is 3.71. The summed E-state index contributed by atoms with van der Waals surface area (Å²) in [6.07, 6.45) is 0. The summed E-state index contributed by atoms with van der Waals surface area (Å²) in [6, 6.07) is 11.4. The van der Waals surface area contributed by atoms with E-state index in [-0.39, 0.29) is 0 Å². The highest BCUT2D eigenvalue weighted by molar-refractivity contribution is 5.83. The van der Waals surface area contributed by atoms with Gasteiger partial charge >= 0.3 is 0 Å². The Labute approximate surface area is 127 Å². The molecule has 0 bridgehead atoms. The fourth-order valence-corrected chi connectivity index (χ4v) is 2.50. The molecule has 0 saturated heterocycles. The van der Waals surface area contributed by atoms with E-state index in [0.29, 0.717) is 23.1 Å². The number of nitrogen functional groups attached to an aromatic ring is 1. The number of anilines is 1. The highest BCUT2D eigenvalue weighted by atomic mass is 16.3. The van der Waals surface area contributed by atoms with Crippen molar-refractivity contribution in [3.05, 3.63) is 42.2 Å². The number of oxazole rings is 1. The van der Waals surface area contributed by atoms with E-state index in [0.717, 1.165) is 27.9 Å². The second-order valence-corrected chi connectivity index (χ2v) is 5.75. The van der Waals surface area contributed by atoms with Crippen LogP contribution >= 0.6 is 0 Å². The first-order chi connectivity index (χ1) is 10.6. The van der Waals surface area contributed by atoms with E-state index in [1.807, 2.05) is 30.3 Å². The van der Waals surface area contributed by atoms with Gasteiger partial charge in [-0.3, -0.25) is 0 Å². The quantitative estimate of drug-likeness (QED) is 0.545. The second-order valence-electron chi connectivity index (χ2n) is 5.75. The topological polar surface area (TPSA) is 80.7 Å². The largest absolute Gasteiger partial charge is 0.436 e. The van der Waals surface area contributed by atoms with Crippen LogP contribution < -0.4 is 5.73 Å². The number of hydrogen-bond acceptors (Lipinski definition) is 4. The first kappa shape index (κ1) is 12.9. The molecule has 0 atom stereocenters. The van der Waals surface area contributed by atoms with E-state index < -0.39 is 0 Å². The van der Waals surface area contributed by atoms with Crippen molar-refractivity contribution < 1.29 is 4.42 Å². The second kappa shape index (κ2) is 4.59. The van der Waals surface area contributed by atoms with Gasteiger partial charge in [0.05, 0.1) is 11.0 Å². The molecule has 0 aliphatic rings. The standard InChI is InChI=1S/C17H16N4O/c1-9(2)16-19-12-5-3-10(7-14(12)20-16)17-21-13-6-4-11(18)8-15(13)22-17/h3-9H,18H2,1-2H3,(H,19,20). The van der Waals surface area contributed by atoms with Gasteiger partial charge in [-0.1, -0.05) is 13.8 Å². The molecular formula is C17H16N4O. The summed E-state index contributed by atoms with van der Waals surface area (Å²) in [4.78, 5) is 12.4. The summed E-state index contributed by atoms with van der Waals surface area (Å²) in [5, 5.41) is 0. The van der Waals surface area contributed by atoms with Gasteiger partial charge in [0.2, 0.25) is 5.89 Å². The smallest absolute Gasteiger partial charge is 0.227 e. The van der Waals surface area contributed by atoms with E-state index in [4.69, 9.17) is 10.2 Å². The summed E-state index contributed by atoms with van der Waals surface area (Å²) in [5.41, 5.74) is 10.8. The molecule has 3 N–H and O–H groups in total. The Kier molecular flexibility index (Phi) is 2.69. The van der Waals surface area contributed by atoms with Gasteiger partial charge in [-0.25, -0.2) is 9.97 Å². The number of aromatic nitrogens is 3. The van der Waals surface area contributed by atoms with Crippen LogP contribution in [0, 0.1) is 0 Å². The summed E-state index contributed by atoms with van der Waals surface area (Å²) < 4.78 is 5.81. The Morgan fingerprint density at radius 1 is 1.05 bits per heavy atom. The molecule has 110 valence electrons. The fourth-order valence-electron chi connectivity index (χ4n) is 2.50. The van der Waals surface area contributed by atoms with Gasteiger partial charge in [0.1, 0.15) is 11.3 Å². The lowest BCUT2D eigenvalue weighted by atomic mass is 10.2. The van der Waals surface area contributed by atoms with E-state index in [1.165, 1.54) is 0 Å². The van der Waals surface area contributed by atoms with Gasteiger partial charge in [0.25, 0.3) is 0 Å². The van der Waals surface area contributed by atoms with Crippen molar-refractivity contribution in [1.29, 1.82) is 0 Å². The van der Waals surface area contributed by atoms with Crippen molar-refractivity contribution in [2.45, 2.75) is 19.8 Å².